The van der Waals surface area contributed by atoms with Crippen LogP contribution >= 0.6 is 0 Å². The van der Waals surface area contributed by atoms with Crippen LogP contribution in [0, 0.1) is 0 Å². The topological polar surface area (TPSA) is 65.2 Å². The molecule has 5 heteroatoms. The number of carbonyl (C=O) groups is 1. The Labute approximate surface area is 87.1 Å². The molecule has 15 heavy (non-hydrogen) atoms. The van der Waals surface area contributed by atoms with Gasteiger partial charge in [0, 0.05) is 32.4 Å². The molecule has 2 N–H and O–H groups in total. The van der Waals surface area contributed by atoms with Gasteiger partial charge in [-0.1, -0.05) is 0 Å². The third kappa shape index (κ3) is 2.07. The molecular formula is C10H13N3O2. The quantitative estimate of drug-likeness (QED) is 0.647. The highest BCUT2D eigenvalue weighted by Gasteiger charge is 2.19. The van der Waals surface area contributed by atoms with Gasteiger partial charge in [-0.2, -0.15) is 0 Å². The maximum absolute atomic E-state index is 11.9. The van der Waals surface area contributed by atoms with Crippen LogP contribution in [-0.2, 0) is 0 Å². The minimum atomic E-state index is -0.318. The van der Waals surface area contributed by atoms with Gasteiger partial charge in [-0.25, -0.2) is 0 Å². The SMILES string of the molecule is O=C(c1ccc[nH]c1=O)N1CCNCC1. The monoisotopic (exact) mass is 207 g/mol. The second-order valence-corrected chi connectivity index (χ2v) is 3.46. The van der Waals surface area contributed by atoms with Crippen LogP contribution in [0.3, 0.4) is 0 Å². The Bertz CT molecular complexity index is 407. The van der Waals surface area contributed by atoms with Crippen molar-refractivity contribution in [2.24, 2.45) is 0 Å². The summed E-state index contributed by atoms with van der Waals surface area (Å²) in [6.45, 7) is 2.90. The number of pyridine rings is 1. The number of nitrogens with zero attached hydrogens (tertiary/aromatic N) is 1. The number of hydrogen-bond donors (Lipinski definition) is 2. The lowest BCUT2D eigenvalue weighted by Crippen LogP contribution is -2.47. The molecule has 2 heterocycles. The summed E-state index contributed by atoms with van der Waals surface area (Å²) in [5.74, 6) is -0.182. The van der Waals surface area contributed by atoms with Gasteiger partial charge in [0.25, 0.3) is 11.5 Å². The molecule has 5 nitrogen and oxygen atoms in total. The first kappa shape index (κ1) is 9.92. The van der Waals surface area contributed by atoms with Gasteiger partial charge in [0.15, 0.2) is 0 Å². The minimum absolute atomic E-state index is 0.182. The van der Waals surface area contributed by atoms with Crippen molar-refractivity contribution in [2.45, 2.75) is 0 Å². The standard InChI is InChI=1S/C10H13N3O2/c14-9-8(2-1-3-12-9)10(15)13-6-4-11-5-7-13/h1-3,11H,4-7H2,(H,12,14). The molecule has 0 unspecified atom stereocenters. The van der Waals surface area contributed by atoms with Gasteiger partial charge in [-0.3, -0.25) is 9.59 Å². The van der Waals surface area contributed by atoms with E-state index in [0.29, 0.717) is 13.1 Å². The number of nitrogens with one attached hydrogen (secondary N) is 2. The summed E-state index contributed by atoms with van der Waals surface area (Å²) in [5, 5.41) is 3.16. The number of carbonyl (C=O) groups excluding carboxylic acids is 1. The Balaban J connectivity index is 2.20. The smallest absolute Gasteiger partial charge is 0.260 e. The minimum Gasteiger partial charge on any atom is -0.336 e. The number of aromatic amines is 1. The summed E-state index contributed by atoms with van der Waals surface area (Å²) in [6, 6.07) is 3.22. The molecule has 1 saturated heterocycles. The summed E-state index contributed by atoms with van der Waals surface area (Å²) >= 11 is 0. The number of aromatic nitrogens is 1. The van der Waals surface area contributed by atoms with Crippen LogP contribution in [0.2, 0.25) is 0 Å². The molecule has 1 aromatic rings. The highest BCUT2D eigenvalue weighted by molar-refractivity contribution is 5.93. The normalized spacial score (nSPS) is 16.4. The number of hydrogen-bond acceptors (Lipinski definition) is 3. The van der Waals surface area contributed by atoms with Crippen molar-refractivity contribution < 1.29 is 4.79 Å². The molecule has 0 atom stereocenters. The first-order chi connectivity index (χ1) is 7.29. The van der Waals surface area contributed by atoms with Gasteiger partial charge in [0.05, 0.1) is 0 Å². The zero-order valence-electron chi connectivity index (χ0n) is 8.32. The average Bonchev–Trinajstić information content (AvgIpc) is 2.30. The first-order valence-electron chi connectivity index (χ1n) is 4.97. The third-order valence-electron chi connectivity index (χ3n) is 2.45. The Morgan fingerprint density at radius 3 is 2.73 bits per heavy atom. The van der Waals surface area contributed by atoms with Crippen LogP contribution < -0.4 is 10.9 Å². The molecular weight excluding hydrogens is 194 g/mol. The Hall–Kier alpha value is -1.62. The molecule has 0 saturated carbocycles. The largest absolute Gasteiger partial charge is 0.336 e. The van der Waals surface area contributed by atoms with Gasteiger partial charge in [-0.15, -0.1) is 0 Å². The molecule has 1 amide bonds. The second-order valence-electron chi connectivity index (χ2n) is 3.46. The number of amides is 1. The predicted octanol–water partition coefficient (Wildman–Crippen LogP) is -0.580. The Morgan fingerprint density at radius 1 is 1.33 bits per heavy atom. The van der Waals surface area contributed by atoms with E-state index in [-0.39, 0.29) is 17.0 Å². The lowest BCUT2D eigenvalue weighted by Gasteiger charge is -2.27. The van der Waals surface area contributed by atoms with Crippen molar-refractivity contribution in [1.29, 1.82) is 0 Å². The second kappa shape index (κ2) is 4.27. The van der Waals surface area contributed by atoms with E-state index >= 15 is 0 Å². The van der Waals surface area contributed by atoms with E-state index < -0.39 is 0 Å². The number of piperazine rings is 1. The van der Waals surface area contributed by atoms with E-state index in [1.54, 1.807) is 17.0 Å². The van der Waals surface area contributed by atoms with E-state index in [9.17, 15) is 9.59 Å². The molecule has 1 fully saturated rings. The maximum Gasteiger partial charge on any atom is 0.260 e. The molecule has 0 aliphatic carbocycles. The molecule has 2 rings (SSSR count). The van der Waals surface area contributed by atoms with Crippen LogP contribution in [0.25, 0.3) is 0 Å². The van der Waals surface area contributed by atoms with Gasteiger partial charge in [0.2, 0.25) is 0 Å². The van der Waals surface area contributed by atoms with Gasteiger partial charge in [0.1, 0.15) is 5.56 Å². The molecule has 0 radical (unpaired) electrons. The van der Waals surface area contributed by atoms with E-state index in [2.05, 4.69) is 10.3 Å². The van der Waals surface area contributed by atoms with Crippen LogP contribution in [-0.4, -0.2) is 42.0 Å². The van der Waals surface area contributed by atoms with Crippen LogP contribution in [0.4, 0.5) is 0 Å². The molecule has 0 spiro atoms. The average molecular weight is 207 g/mol. The molecule has 0 bridgehead atoms. The fraction of sp³-hybridized carbons (Fsp3) is 0.400. The van der Waals surface area contributed by atoms with Gasteiger partial charge < -0.3 is 15.2 Å². The number of H-pyrrole nitrogens is 1. The van der Waals surface area contributed by atoms with Crippen molar-refractivity contribution in [3.05, 3.63) is 34.2 Å². The van der Waals surface area contributed by atoms with E-state index in [1.165, 1.54) is 6.20 Å². The predicted molar refractivity (Wildman–Crippen MR) is 55.8 cm³/mol. The Kier molecular flexibility index (Phi) is 2.82. The summed E-state index contributed by atoms with van der Waals surface area (Å²) in [5.41, 5.74) is -0.0968. The molecule has 80 valence electrons. The first-order valence-corrected chi connectivity index (χ1v) is 4.97. The van der Waals surface area contributed by atoms with Crippen molar-refractivity contribution in [1.82, 2.24) is 15.2 Å². The van der Waals surface area contributed by atoms with Gasteiger partial charge in [-0.05, 0) is 12.1 Å². The molecule has 1 aromatic heterocycles. The van der Waals surface area contributed by atoms with E-state index in [4.69, 9.17) is 0 Å². The van der Waals surface area contributed by atoms with Crippen molar-refractivity contribution >= 4 is 5.91 Å². The molecule has 1 aliphatic heterocycles. The lowest BCUT2D eigenvalue weighted by molar-refractivity contribution is 0.0734. The van der Waals surface area contributed by atoms with Crippen molar-refractivity contribution in [3.63, 3.8) is 0 Å². The summed E-state index contributed by atoms with van der Waals surface area (Å²) in [4.78, 5) is 27.5. The van der Waals surface area contributed by atoms with Gasteiger partial charge >= 0.3 is 0 Å². The lowest BCUT2D eigenvalue weighted by atomic mass is 10.2. The van der Waals surface area contributed by atoms with Crippen molar-refractivity contribution in [2.75, 3.05) is 26.2 Å². The zero-order valence-corrected chi connectivity index (χ0v) is 8.32. The Morgan fingerprint density at radius 2 is 2.07 bits per heavy atom. The highest BCUT2D eigenvalue weighted by atomic mass is 16.2. The van der Waals surface area contributed by atoms with Crippen LogP contribution in [0.1, 0.15) is 10.4 Å². The highest BCUT2D eigenvalue weighted by Crippen LogP contribution is 2.00. The van der Waals surface area contributed by atoms with Crippen LogP contribution in [0.15, 0.2) is 23.1 Å². The summed E-state index contributed by atoms with van der Waals surface area (Å²) in [6.07, 6.45) is 1.52. The van der Waals surface area contributed by atoms with Crippen LogP contribution in [0.5, 0.6) is 0 Å². The molecule has 1 aliphatic rings. The zero-order chi connectivity index (χ0) is 10.7. The molecule has 0 aromatic carbocycles. The summed E-state index contributed by atoms with van der Waals surface area (Å²) in [7, 11) is 0. The van der Waals surface area contributed by atoms with E-state index in [1.807, 2.05) is 0 Å². The number of rotatable bonds is 1. The third-order valence-corrected chi connectivity index (χ3v) is 2.45. The van der Waals surface area contributed by atoms with E-state index in [0.717, 1.165) is 13.1 Å². The maximum atomic E-state index is 11.9. The summed E-state index contributed by atoms with van der Waals surface area (Å²) < 4.78 is 0. The fourth-order valence-electron chi connectivity index (χ4n) is 1.63. The fourth-order valence-corrected chi connectivity index (χ4v) is 1.63. The van der Waals surface area contributed by atoms with Crippen molar-refractivity contribution in [3.8, 4) is 0 Å².